The second-order valence-electron chi connectivity index (χ2n) is 4.73. The highest BCUT2D eigenvalue weighted by atomic mass is 16.2. The van der Waals surface area contributed by atoms with Crippen LogP contribution in [0.3, 0.4) is 0 Å². The summed E-state index contributed by atoms with van der Waals surface area (Å²) >= 11 is 0. The maximum atomic E-state index is 11.5. The number of rotatable bonds is 4. The van der Waals surface area contributed by atoms with E-state index in [9.17, 15) is 4.79 Å². The lowest BCUT2D eigenvalue weighted by Gasteiger charge is -2.17. The van der Waals surface area contributed by atoms with E-state index >= 15 is 0 Å². The van der Waals surface area contributed by atoms with E-state index in [1.807, 2.05) is 0 Å². The zero-order chi connectivity index (χ0) is 13.0. The molecule has 0 heterocycles. The summed E-state index contributed by atoms with van der Waals surface area (Å²) in [5.74, 6) is 0.0979. The van der Waals surface area contributed by atoms with Gasteiger partial charge in [-0.2, -0.15) is 0 Å². The third-order valence-corrected chi connectivity index (χ3v) is 3.09. The van der Waals surface area contributed by atoms with Crippen LogP contribution in [0.2, 0.25) is 0 Å². The second kappa shape index (κ2) is 5.82. The standard InChI is InChI=1S/C14H22N2O/c1-10-6-7-13(8-11(10)2)12(3)15-9-14(17)16(4)5/h6-8,12,15H,9H2,1-5H3. The van der Waals surface area contributed by atoms with Crippen LogP contribution in [0.5, 0.6) is 0 Å². The van der Waals surface area contributed by atoms with Crippen LogP contribution in [0.4, 0.5) is 0 Å². The first-order valence-corrected chi connectivity index (χ1v) is 5.92. The summed E-state index contributed by atoms with van der Waals surface area (Å²) in [5.41, 5.74) is 3.81. The molecule has 0 aliphatic rings. The molecular formula is C14H22N2O. The Morgan fingerprint density at radius 3 is 2.47 bits per heavy atom. The lowest BCUT2D eigenvalue weighted by molar-refractivity contribution is -0.127. The van der Waals surface area contributed by atoms with Crippen LogP contribution < -0.4 is 5.32 Å². The molecule has 3 heteroatoms. The van der Waals surface area contributed by atoms with Gasteiger partial charge in [0.1, 0.15) is 0 Å². The van der Waals surface area contributed by atoms with Crippen molar-refractivity contribution in [3.63, 3.8) is 0 Å². The molecule has 0 fully saturated rings. The zero-order valence-corrected chi connectivity index (χ0v) is 11.4. The van der Waals surface area contributed by atoms with Gasteiger partial charge in [-0.3, -0.25) is 4.79 Å². The first-order chi connectivity index (χ1) is 7.91. The van der Waals surface area contributed by atoms with Crippen LogP contribution in [-0.4, -0.2) is 31.4 Å². The minimum absolute atomic E-state index is 0.0979. The first-order valence-electron chi connectivity index (χ1n) is 5.92. The molecule has 94 valence electrons. The first kappa shape index (κ1) is 13.7. The van der Waals surface area contributed by atoms with Gasteiger partial charge in [-0.25, -0.2) is 0 Å². The van der Waals surface area contributed by atoms with Gasteiger partial charge in [0, 0.05) is 20.1 Å². The number of carbonyl (C=O) groups is 1. The molecule has 1 atom stereocenters. The molecule has 0 spiro atoms. The van der Waals surface area contributed by atoms with Gasteiger partial charge in [-0.05, 0) is 37.5 Å². The normalized spacial score (nSPS) is 12.3. The molecular weight excluding hydrogens is 212 g/mol. The van der Waals surface area contributed by atoms with Gasteiger partial charge >= 0.3 is 0 Å². The van der Waals surface area contributed by atoms with Gasteiger partial charge < -0.3 is 10.2 Å². The maximum absolute atomic E-state index is 11.5. The predicted molar refractivity (Wildman–Crippen MR) is 71.0 cm³/mol. The number of carbonyl (C=O) groups excluding carboxylic acids is 1. The number of likely N-dealkylation sites (N-methyl/N-ethyl adjacent to an activating group) is 1. The van der Waals surface area contributed by atoms with Crippen LogP contribution in [0.15, 0.2) is 18.2 Å². The zero-order valence-electron chi connectivity index (χ0n) is 11.4. The monoisotopic (exact) mass is 234 g/mol. The molecule has 1 aromatic rings. The van der Waals surface area contributed by atoms with Gasteiger partial charge in [0.05, 0.1) is 6.54 Å². The fourth-order valence-corrected chi connectivity index (χ4v) is 1.55. The van der Waals surface area contributed by atoms with Crippen molar-refractivity contribution < 1.29 is 4.79 Å². The summed E-state index contributed by atoms with van der Waals surface area (Å²) in [6.45, 7) is 6.66. The van der Waals surface area contributed by atoms with Crippen molar-refractivity contribution in [1.82, 2.24) is 10.2 Å². The molecule has 1 N–H and O–H groups in total. The van der Waals surface area contributed by atoms with E-state index in [1.54, 1.807) is 19.0 Å². The highest BCUT2D eigenvalue weighted by Gasteiger charge is 2.09. The van der Waals surface area contributed by atoms with Gasteiger partial charge in [0.15, 0.2) is 0 Å². The van der Waals surface area contributed by atoms with Gasteiger partial charge in [-0.15, -0.1) is 0 Å². The van der Waals surface area contributed by atoms with Crippen molar-refractivity contribution in [2.75, 3.05) is 20.6 Å². The Morgan fingerprint density at radius 1 is 1.29 bits per heavy atom. The molecule has 0 aromatic heterocycles. The molecule has 1 unspecified atom stereocenters. The predicted octanol–water partition coefficient (Wildman–Crippen LogP) is 2.04. The molecule has 0 radical (unpaired) electrons. The third kappa shape index (κ3) is 3.86. The summed E-state index contributed by atoms with van der Waals surface area (Å²) in [4.78, 5) is 13.1. The van der Waals surface area contributed by atoms with Crippen LogP contribution >= 0.6 is 0 Å². The summed E-state index contributed by atoms with van der Waals surface area (Å²) < 4.78 is 0. The summed E-state index contributed by atoms with van der Waals surface area (Å²) in [6.07, 6.45) is 0. The van der Waals surface area contributed by atoms with Crippen LogP contribution in [-0.2, 0) is 4.79 Å². The number of hydrogen-bond acceptors (Lipinski definition) is 2. The molecule has 1 aromatic carbocycles. The Morgan fingerprint density at radius 2 is 1.94 bits per heavy atom. The third-order valence-electron chi connectivity index (χ3n) is 3.09. The number of hydrogen-bond donors (Lipinski definition) is 1. The van der Waals surface area contributed by atoms with Gasteiger partial charge in [0.25, 0.3) is 0 Å². The van der Waals surface area contributed by atoms with E-state index in [2.05, 4.69) is 44.3 Å². The van der Waals surface area contributed by atoms with Crippen molar-refractivity contribution >= 4 is 5.91 Å². The molecule has 0 aliphatic heterocycles. The molecule has 0 bridgehead atoms. The highest BCUT2D eigenvalue weighted by Crippen LogP contribution is 2.16. The average Bonchev–Trinajstić information content (AvgIpc) is 2.28. The molecule has 0 saturated heterocycles. The number of amides is 1. The number of aryl methyl sites for hydroxylation is 2. The van der Waals surface area contributed by atoms with Crippen molar-refractivity contribution in [2.45, 2.75) is 26.8 Å². The second-order valence-corrected chi connectivity index (χ2v) is 4.73. The van der Waals surface area contributed by atoms with Crippen LogP contribution in [0.1, 0.15) is 29.7 Å². The van der Waals surface area contributed by atoms with E-state index in [0.717, 1.165) is 0 Å². The van der Waals surface area contributed by atoms with Gasteiger partial charge in [-0.1, -0.05) is 18.2 Å². The van der Waals surface area contributed by atoms with Crippen LogP contribution in [0, 0.1) is 13.8 Å². The minimum Gasteiger partial charge on any atom is -0.348 e. The average molecular weight is 234 g/mol. The molecule has 0 saturated carbocycles. The largest absolute Gasteiger partial charge is 0.348 e. The Kier molecular flexibility index (Phi) is 4.70. The number of nitrogens with zero attached hydrogens (tertiary/aromatic N) is 1. The Hall–Kier alpha value is -1.35. The molecule has 3 nitrogen and oxygen atoms in total. The Balaban J connectivity index is 2.61. The van der Waals surface area contributed by atoms with Crippen molar-refractivity contribution in [2.24, 2.45) is 0 Å². The lowest BCUT2D eigenvalue weighted by Crippen LogP contribution is -2.34. The molecule has 17 heavy (non-hydrogen) atoms. The summed E-state index contributed by atoms with van der Waals surface area (Å²) in [7, 11) is 3.54. The summed E-state index contributed by atoms with van der Waals surface area (Å²) in [5, 5.41) is 3.24. The lowest BCUT2D eigenvalue weighted by atomic mass is 10.0. The fourth-order valence-electron chi connectivity index (χ4n) is 1.55. The minimum atomic E-state index is 0.0979. The van der Waals surface area contributed by atoms with E-state index in [0.29, 0.717) is 6.54 Å². The molecule has 0 aliphatic carbocycles. The van der Waals surface area contributed by atoms with Crippen LogP contribution in [0.25, 0.3) is 0 Å². The molecule has 1 rings (SSSR count). The summed E-state index contributed by atoms with van der Waals surface area (Å²) in [6, 6.07) is 6.60. The van der Waals surface area contributed by atoms with E-state index in [-0.39, 0.29) is 11.9 Å². The van der Waals surface area contributed by atoms with Crippen molar-refractivity contribution in [1.29, 1.82) is 0 Å². The number of benzene rings is 1. The van der Waals surface area contributed by atoms with Crippen molar-refractivity contribution in [3.05, 3.63) is 34.9 Å². The van der Waals surface area contributed by atoms with E-state index < -0.39 is 0 Å². The fraction of sp³-hybridized carbons (Fsp3) is 0.500. The number of nitrogens with one attached hydrogen (secondary N) is 1. The topological polar surface area (TPSA) is 32.3 Å². The van der Waals surface area contributed by atoms with Crippen molar-refractivity contribution in [3.8, 4) is 0 Å². The molecule has 1 amide bonds. The van der Waals surface area contributed by atoms with E-state index in [4.69, 9.17) is 0 Å². The Bertz CT molecular complexity index is 399. The van der Waals surface area contributed by atoms with Gasteiger partial charge in [0.2, 0.25) is 5.91 Å². The van der Waals surface area contributed by atoms with E-state index in [1.165, 1.54) is 16.7 Å². The SMILES string of the molecule is Cc1ccc(C(C)NCC(=O)N(C)C)cc1C. The highest BCUT2D eigenvalue weighted by molar-refractivity contribution is 5.77. The maximum Gasteiger partial charge on any atom is 0.236 e. The quantitative estimate of drug-likeness (QED) is 0.864. The smallest absolute Gasteiger partial charge is 0.236 e. The Labute approximate surface area is 104 Å².